The number of anilines is 1. The number of hydrogen-bond acceptors (Lipinski definition) is 8. The van der Waals surface area contributed by atoms with Crippen LogP contribution < -0.4 is 10.2 Å². The van der Waals surface area contributed by atoms with Crippen LogP contribution in [-0.4, -0.2) is 56.8 Å². The molecular formula is C16H19N7O3. The van der Waals surface area contributed by atoms with Crippen LogP contribution in [0, 0.1) is 11.3 Å². The summed E-state index contributed by atoms with van der Waals surface area (Å²) in [4.78, 5) is 34.0. The Morgan fingerprint density at radius 1 is 1.50 bits per heavy atom. The van der Waals surface area contributed by atoms with E-state index in [9.17, 15) is 14.9 Å². The summed E-state index contributed by atoms with van der Waals surface area (Å²) in [5.41, 5.74) is -1.13. The number of carbonyl (C=O) groups is 2. The van der Waals surface area contributed by atoms with Gasteiger partial charge in [0.15, 0.2) is 11.3 Å². The van der Waals surface area contributed by atoms with Crippen LogP contribution in [0.4, 0.5) is 10.6 Å². The van der Waals surface area contributed by atoms with Crippen LogP contribution in [0.15, 0.2) is 6.33 Å². The Balaban J connectivity index is 1.85. The van der Waals surface area contributed by atoms with E-state index in [0.717, 1.165) is 6.29 Å². The summed E-state index contributed by atoms with van der Waals surface area (Å²) in [6.45, 7) is 5.93. The van der Waals surface area contributed by atoms with E-state index in [4.69, 9.17) is 4.74 Å². The van der Waals surface area contributed by atoms with Crippen LogP contribution in [0.3, 0.4) is 0 Å². The Hall–Kier alpha value is -3.22. The van der Waals surface area contributed by atoms with Crippen LogP contribution in [-0.2, 0) is 9.53 Å². The van der Waals surface area contributed by atoms with Gasteiger partial charge in [-0.15, -0.1) is 0 Å². The maximum Gasteiger partial charge on any atom is 0.408 e. The molecule has 26 heavy (non-hydrogen) atoms. The first-order valence-corrected chi connectivity index (χ1v) is 8.08. The lowest BCUT2D eigenvalue weighted by Gasteiger charge is -2.27. The Kier molecular flexibility index (Phi) is 4.23. The lowest BCUT2D eigenvalue weighted by Crippen LogP contribution is -2.53. The normalized spacial score (nSPS) is 20.0. The van der Waals surface area contributed by atoms with Crippen molar-refractivity contribution in [1.29, 1.82) is 5.26 Å². The Morgan fingerprint density at radius 2 is 2.27 bits per heavy atom. The van der Waals surface area contributed by atoms with E-state index in [2.05, 4.69) is 25.5 Å². The molecule has 136 valence electrons. The van der Waals surface area contributed by atoms with Crippen molar-refractivity contribution in [2.45, 2.75) is 38.3 Å². The fourth-order valence-corrected chi connectivity index (χ4v) is 2.91. The number of alkyl carbamates (subject to hydrolysis) is 1. The van der Waals surface area contributed by atoms with Crippen LogP contribution in [0.1, 0.15) is 32.9 Å². The van der Waals surface area contributed by atoms with Gasteiger partial charge in [0.1, 0.15) is 35.6 Å². The summed E-state index contributed by atoms with van der Waals surface area (Å²) in [6, 6.07) is 2.00. The molecule has 1 aliphatic heterocycles. The molecule has 0 radical (unpaired) electrons. The molecule has 1 amide bonds. The van der Waals surface area contributed by atoms with E-state index in [1.807, 2.05) is 11.0 Å². The van der Waals surface area contributed by atoms with Gasteiger partial charge in [-0.2, -0.15) is 10.4 Å². The van der Waals surface area contributed by atoms with E-state index in [0.29, 0.717) is 29.8 Å². The van der Waals surface area contributed by atoms with Gasteiger partial charge < -0.3 is 19.7 Å². The topological polar surface area (TPSA) is 137 Å². The third-order valence-electron chi connectivity index (χ3n) is 4.02. The lowest BCUT2D eigenvalue weighted by atomic mass is 10.0. The second-order valence-corrected chi connectivity index (χ2v) is 7.18. The van der Waals surface area contributed by atoms with E-state index in [-0.39, 0.29) is 12.2 Å². The van der Waals surface area contributed by atoms with Gasteiger partial charge in [0, 0.05) is 13.1 Å². The molecule has 0 aliphatic carbocycles. The highest BCUT2D eigenvalue weighted by Crippen LogP contribution is 2.30. The second kappa shape index (κ2) is 6.25. The molecule has 3 heterocycles. The van der Waals surface area contributed by atoms with Gasteiger partial charge >= 0.3 is 6.09 Å². The van der Waals surface area contributed by atoms with Crippen molar-refractivity contribution < 1.29 is 14.3 Å². The third kappa shape index (κ3) is 3.28. The number of carbonyl (C=O) groups excluding carboxylic acids is 2. The molecule has 0 spiro atoms. The fourth-order valence-electron chi connectivity index (χ4n) is 2.91. The van der Waals surface area contributed by atoms with Gasteiger partial charge in [0.25, 0.3) is 0 Å². The molecule has 1 unspecified atom stereocenters. The summed E-state index contributed by atoms with van der Waals surface area (Å²) in [5.74, 6) is 0.495. The highest BCUT2D eigenvalue weighted by atomic mass is 16.6. The standard InChI is InChI=1S/C16H19N7O3/c1-15(2,3)26-14(25)20-16(8-24)4-5-23(7-16)13-11-10(6-17)21-22-12(11)18-9-19-13/h8-9H,4-5,7H2,1-3H3,(H,20,25)(H,18,19,21,22). The van der Waals surface area contributed by atoms with E-state index >= 15 is 0 Å². The number of fused-ring (bicyclic) bond motifs is 1. The molecule has 2 aromatic heterocycles. The van der Waals surface area contributed by atoms with Crippen LogP contribution in [0.2, 0.25) is 0 Å². The van der Waals surface area contributed by atoms with Gasteiger partial charge in [-0.25, -0.2) is 14.8 Å². The molecule has 1 aliphatic rings. The predicted octanol–water partition coefficient (Wildman–Crippen LogP) is 0.897. The minimum absolute atomic E-state index is 0.180. The SMILES string of the molecule is CC(C)(C)OC(=O)NC1(C=O)CCN(c2ncnc3[nH]nc(C#N)c23)C1. The maximum atomic E-state index is 12.1. The number of H-pyrrole nitrogens is 1. The monoisotopic (exact) mass is 357 g/mol. The zero-order chi connectivity index (χ0) is 18.9. The smallest absolute Gasteiger partial charge is 0.408 e. The van der Waals surface area contributed by atoms with E-state index < -0.39 is 17.2 Å². The number of rotatable bonds is 3. The van der Waals surface area contributed by atoms with Gasteiger partial charge in [-0.1, -0.05) is 0 Å². The summed E-state index contributed by atoms with van der Waals surface area (Å²) < 4.78 is 5.25. The average Bonchev–Trinajstić information content (AvgIpc) is 3.17. The number of nitrogens with one attached hydrogen (secondary N) is 2. The number of hydrogen-bond donors (Lipinski definition) is 2. The first kappa shape index (κ1) is 17.6. The molecule has 1 saturated heterocycles. The van der Waals surface area contributed by atoms with Gasteiger partial charge in [-0.3, -0.25) is 5.10 Å². The Bertz CT molecular complexity index is 895. The largest absolute Gasteiger partial charge is 0.444 e. The maximum absolute atomic E-state index is 12.1. The minimum Gasteiger partial charge on any atom is -0.444 e. The molecule has 0 aromatic carbocycles. The van der Waals surface area contributed by atoms with Crippen LogP contribution in [0.25, 0.3) is 11.0 Å². The van der Waals surface area contributed by atoms with Crippen molar-refractivity contribution in [2.24, 2.45) is 0 Å². The van der Waals surface area contributed by atoms with E-state index in [1.54, 1.807) is 20.8 Å². The van der Waals surface area contributed by atoms with Crippen molar-refractivity contribution >= 4 is 29.2 Å². The molecule has 10 nitrogen and oxygen atoms in total. The number of nitrogens with zero attached hydrogens (tertiary/aromatic N) is 5. The van der Waals surface area contributed by atoms with Gasteiger partial charge in [0.2, 0.25) is 0 Å². The number of aldehydes is 1. The second-order valence-electron chi connectivity index (χ2n) is 7.18. The first-order chi connectivity index (χ1) is 12.3. The van der Waals surface area contributed by atoms with Crippen molar-refractivity contribution in [3.63, 3.8) is 0 Å². The van der Waals surface area contributed by atoms with Crippen LogP contribution >= 0.6 is 0 Å². The van der Waals surface area contributed by atoms with Gasteiger partial charge in [-0.05, 0) is 27.2 Å². The summed E-state index contributed by atoms with van der Waals surface area (Å²) in [6.07, 6.45) is 1.82. The number of nitriles is 1. The van der Waals surface area contributed by atoms with Crippen molar-refractivity contribution in [3.8, 4) is 6.07 Å². The molecule has 1 fully saturated rings. The molecular weight excluding hydrogens is 338 g/mol. The lowest BCUT2D eigenvalue weighted by molar-refractivity contribution is -0.112. The first-order valence-electron chi connectivity index (χ1n) is 8.08. The minimum atomic E-state index is -1.09. The summed E-state index contributed by atoms with van der Waals surface area (Å²) >= 11 is 0. The quantitative estimate of drug-likeness (QED) is 0.773. The van der Waals surface area contributed by atoms with Crippen molar-refractivity contribution in [3.05, 3.63) is 12.0 Å². The molecule has 10 heteroatoms. The molecule has 0 bridgehead atoms. The number of aromatic amines is 1. The highest BCUT2D eigenvalue weighted by Gasteiger charge is 2.41. The van der Waals surface area contributed by atoms with Crippen molar-refractivity contribution in [1.82, 2.24) is 25.5 Å². The molecule has 0 saturated carbocycles. The predicted molar refractivity (Wildman–Crippen MR) is 91.4 cm³/mol. The number of ether oxygens (including phenoxy) is 1. The third-order valence-corrected chi connectivity index (χ3v) is 4.02. The Labute approximate surface area is 149 Å². The Morgan fingerprint density at radius 3 is 2.92 bits per heavy atom. The zero-order valence-electron chi connectivity index (χ0n) is 14.7. The van der Waals surface area contributed by atoms with Crippen molar-refractivity contribution in [2.75, 3.05) is 18.0 Å². The van der Waals surface area contributed by atoms with Gasteiger partial charge in [0.05, 0.1) is 5.39 Å². The molecule has 2 aromatic rings. The summed E-state index contributed by atoms with van der Waals surface area (Å²) in [5, 5.41) is 19.0. The average molecular weight is 357 g/mol. The number of aromatic nitrogens is 4. The molecule has 1 atom stereocenters. The number of amides is 1. The zero-order valence-corrected chi connectivity index (χ0v) is 14.7. The summed E-state index contributed by atoms with van der Waals surface area (Å²) in [7, 11) is 0. The van der Waals surface area contributed by atoms with E-state index in [1.165, 1.54) is 6.33 Å². The van der Waals surface area contributed by atoms with Crippen LogP contribution in [0.5, 0.6) is 0 Å². The molecule has 3 rings (SSSR count). The fraction of sp³-hybridized carbons (Fsp3) is 0.500. The highest BCUT2D eigenvalue weighted by molar-refractivity contribution is 5.92. The molecule has 2 N–H and O–H groups in total.